The van der Waals surface area contributed by atoms with Crippen molar-refractivity contribution < 1.29 is 8.60 Å². The number of benzene rings is 1. The topological polar surface area (TPSA) is 58.6 Å². The molecule has 6 heteroatoms. The van der Waals surface area contributed by atoms with E-state index in [0.717, 1.165) is 27.4 Å². The molecule has 2 aromatic heterocycles. The number of imidazole rings is 1. The molecule has 3 aromatic rings. The van der Waals surface area contributed by atoms with Gasteiger partial charge in [-0.25, -0.2) is 9.37 Å². The molecule has 0 fully saturated rings. The number of pyridine rings is 1. The first kappa shape index (κ1) is 19.6. The van der Waals surface area contributed by atoms with Crippen molar-refractivity contribution in [2.75, 3.05) is 6.26 Å². The first-order valence-corrected chi connectivity index (χ1v) is 10.2. The van der Waals surface area contributed by atoms with E-state index in [1.54, 1.807) is 30.8 Å². The molecule has 0 saturated carbocycles. The third-order valence-corrected chi connectivity index (χ3v) is 5.05. The molecular weight excluding hydrogens is 373 g/mol. The van der Waals surface area contributed by atoms with Gasteiger partial charge in [0.15, 0.2) is 0 Å². The Morgan fingerprint density at radius 1 is 1.11 bits per heavy atom. The quantitative estimate of drug-likeness (QED) is 0.577. The minimum atomic E-state index is -1.04. The predicted molar refractivity (Wildman–Crippen MR) is 113 cm³/mol. The molecule has 0 aliphatic rings. The Morgan fingerprint density at radius 2 is 1.79 bits per heavy atom. The molecule has 0 aliphatic heterocycles. The zero-order valence-electron chi connectivity index (χ0n) is 15.6. The molecule has 0 radical (unpaired) electrons. The number of nitrogens with zero attached hydrogens (tertiary/aromatic N) is 2. The van der Waals surface area contributed by atoms with E-state index in [1.807, 2.05) is 36.4 Å². The molecule has 1 unspecified atom stereocenters. The lowest BCUT2D eigenvalue weighted by atomic mass is 10.1. The third-order valence-electron chi connectivity index (χ3n) is 4.12. The summed E-state index contributed by atoms with van der Waals surface area (Å²) in [4.78, 5) is 12.9. The highest BCUT2D eigenvalue weighted by atomic mass is 32.2. The molecule has 1 aromatic carbocycles. The minimum Gasteiger partial charge on any atom is -0.337 e. The van der Waals surface area contributed by atoms with Gasteiger partial charge in [-0.3, -0.25) is 9.19 Å². The van der Waals surface area contributed by atoms with Gasteiger partial charge in [-0.15, -0.1) is 0 Å². The van der Waals surface area contributed by atoms with Crippen LogP contribution < -0.4 is 0 Å². The fourth-order valence-electron chi connectivity index (χ4n) is 2.70. The summed E-state index contributed by atoms with van der Waals surface area (Å²) in [6.45, 7) is 5.24. The molecular formula is C22H20FN3OS. The van der Waals surface area contributed by atoms with Gasteiger partial charge < -0.3 is 4.98 Å². The molecule has 0 aliphatic carbocycles. The van der Waals surface area contributed by atoms with Crippen LogP contribution in [0.5, 0.6) is 0 Å². The standard InChI is InChI=1S/C22H20FN3OS/c1-4-16(6-5-15(2)23)20-21(17-11-13-24-14-12-17)26-22(25-20)18-7-9-19(10-8-18)28(3)27/h4-14H,1H2,2-3H3,(H,25,26)/b15-5+,16-6+. The number of nitrogens with one attached hydrogen (secondary N) is 1. The Bertz CT molecular complexity index is 1060. The lowest BCUT2D eigenvalue weighted by molar-refractivity contribution is 0.641. The second-order valence-electron chi connectivity index (χ2n) is 6.10. The summed E-state index contributed by atoms with van der Waals surface area (Å²) in [5, 5.41) is 0. The molecule has 0 spiro atoms. The first-order valence-electron chi connectivity index (χ1n) is 8.60. The van der Waals surface area contributed by atoms with Crippen LogP contribution >= 0.6 is 0 Å². The maximum absolute atomic E-state index is 13.2. The number of allylic oxidation sites excluding steroid dienone is 5. The smallest absolute Gasteiger partial charge is 0.138 e. The molecule has 2 heterocycles. The van der Waals surface area contributed by atoms with E-state index in [2.05, 4.69) is 16.5 Å². The second-order valence-corrected chi connectivity index (χ2v) is 7.48. The number of hydrogen-bond donors (Lipinski definition) is 1. The zero-order valence-corrected chi connectivity index (χ0v) is 16.5. The van der Waals surface area contributed by atoms with Crippen LogP contribution in [0.3, 0.4) is 0 Å². The largest absolute Gasteiger partial charge is 0.337 e. The van der Waals surface area contributed by atoms with Crippen LogP contribution in [-0.4, -0.2) is 25.4 Å². The highest BCUT2D eigenvalue weighted by Gasteiger charge is 2.15. The van der Waals surface area contributed by atoms with E-state index in [4.69, 9.17) is 4.98 Å². The molecule has 0 saturated heterocycles. The Balaban J connectivity index is 2.15. The number of aromatic amines is 1. The monoisotopic (exact) mass is 393 g/mol. The predicted octanol–water partition coefficient (Wildman–Crippen LogP) is 5.32. The molecule has 28 heavy (non-hydrogen) atoms. The number of halogens is 1. The van der Waals surface area contributed by atoms with Gasteiger partial charge in [-0.2, -0.15) is 0 Å². The van der Waals surface area contributed by atoms with Crippen LogP contribution in [0, 0.1) is 0 Å². The van der Waals surface area contributed by atoms with Gasteiger partial charge in [0, 0.05) is 45.5 Å². The molecule has 0 bridgehead atoms. The van der Waals surface area contributed by atoms with Crippen molar-refractivity contribution in [3.05, 3.63) is 85.1 Å². The fraction of sp³-hybridized carbons (Fsp3) is 0.0909. The first-order chi connectivity index (χ1) is 13.5. The van der Waals surface area contributed by atoms with Crippen LogP contribution in [0.2, 0.25) is 0 Å². The lowest BCUT2D eigenvalue weighted by Crippen LogP contribution is -1.88. The van der Waals surface area contributed by atoms with E-state index in [9.17, 15) is 8.60 Å². The van der Waals surface area contributed by atoms with Crippen LogP contribution in [-0.2, 0) is 10.8 Å². The second kappa shape index (κ2) is 8.71. The molecule has 142 valence electrons. The zero-order chi connectivity index (χ0) is 20.1. The summed E-state index contributed by atoms with van der Waals surface area (Å²) in [5.41, 5.74) is 3.91. The summed E-state index contributed by atoms with van der Waals surface area (Å²) in [6.07, 6.45) is 9.74. The van der Waals surface area contributed by atoms with Gasteiger partial charge in [-0.1, -0.05) is 30.9 Å². The normalized spacial score (nSPS) is 13.4. The summed E-state index contributed by atoms with van der Waals surface area (Å²) < 4.78 is 24.9. The van der Waals surface area contributed by atoms with Gasteiger partial charge in [0.1, 0.15) is 5.82 Å². The summed E-state index contributed by atoms with van der Waals surface area (Å²) in [7, 11) is -1.04. The number of hydrogen-bond acceptors (Lipinski definition) is 3. The van der Waals surface area contributed by atoms with Crippen molar-refractivity contribution in [1.82, 2.24) is 15.0 Å². The number of rotatable bonds is 6. The van der Waals surface area contributed by atoms with Gasteiger partial charge in [0.25, 0.3) is 0 Å². The third kappa shape index (κ3) is 4.40. The van der Waals surface area contributed by atoms with Crippen LogP contribution in [0.4, 0.5) is 4.39 Å². The average Bonchev–Trinajstić information content (AvgIpc) is 3.14. The number of H-pyrrole nitrogens is 1. The molecule has 3 rings (SSSR count). The van der Waals surface area contributed by atoms with Gasteiger partial charge in [0.2, 0.25) is 0 Å². The van der Waals surface area contributed by atoms with E-state index in [-0.39, 0.29) is 5.83 Å². The van der Waals surface area contributed by atoms with E-state index < -0.39 is 10.8 Å². The summed E-state index contributed by atoms with van der Waals surface area (Å²) >= 11 is 0. The molecule has 0 amide bonds. The summed E-state index contributed by atoms with van der Waals surface area (Å²) in [6, 6.07) is 11.1. The van der Waals surface area contributed by atoms with Gasteiger partial charge in [0.05, 0.1) is 17.2 Å². The lowest BCUT2D eigenvalue weighted by Gasteiger charge is -2.03. The average molecular weight is 393 g/mol. The maximum atomic E-state index is 13.2. The Hall–Kier alpha value is -3.12. The Morgan fingerprint density at radius 3 is 2.36 bits per heavy atom. The Kier molecular flexibility index (Phi) is 6.11. The van der Waals surface area contributed by atoms with Crippen molar-refractivity contribution in [3.8, 4) is 22.6 Å². The van der Waals surface area contributed by atoms with Gasteiger partial charge in [-0.05, 0) is 42.8 Å². The van der Waals surface area contributed by atoms with Gasteiger partial charge >= 0.3 is 0 Å². The highest BCUT2D eigenvalue weighted by Crippen LogP contribution is 2.31. The highest BCUT2D eigenvalue weighted by molar-refractivity contribution is 7.84. The molecule has 1 atom stereocenters. The fourth-order valence-corrected chi connectivity index (χ4v) is 3.22. The van der Waals surface area contributed by atoms with Crippen molar-refractivity contribution in [2.45, 2.75) is 11.8 Å². The van der Waals surface area contributed by atoms with Crippen molar-refractivity contribution >= 4 is 16.4 Å². The van der Waals surface area contributed by atoms with Crippen LogP contribution in [0.1, 0.15) is 12.6 Å². The minimum absolute atomic E-state index is 0.298. The maximum Gasteiger partial charge on any atom is 0.138 e. The van der Waals surface area contributed by atoms with Crippen molar-refractivity contribution in [1.29, 1.82) is 0 Å². The molecule has 4 nitrogen and oxygen atoms in total. The van der Waals surface area contributed by atoms with Crippen molar-refractivity contribution in [2.24, 2.45) is 0 Å². The Labute approximate surface area is 166 Å². The van der Waals surface area contributed by atoms with E-state index in [1.165, 1.54) is 13.0 Å². The van der Waals surface area contributed by atoms with Crippen LogP contribution in [0.15, 0.2) is 84.3 Å². The van der Waals surface area contributed by atoms with E-state index >= 15 is 0 Å². The summed E-state index contributed by atoms with van der Waals surface area (Å²) in [5.74, 6) is 0.358. The molecule has 1 N–H and O–H groups in total. The van der Waals surface area contributed by atoms with Crippen molar-refractivity contribution in [3.63, 3.8) is 0 Å². The SMILES string of the molecule is C=C/C(=C\C=C(/C)F)c1[nH]c(-c2ccc(S(C)=O)cc2)nc1-c1ccncc1. The van der Waals surface area contributed by atoms with E-state index in [0.29, 0.717) is 11.4 Å². The van der Waals surface area contributed by atoms with Crippen LogP contribution in [0.25, 0.3) is 28.2 Å². The number of aromatic nitrogens is 3.